The molecule has 0 bridgehead atoms. The summed E-state index contributed by atoms with van der Waals surface area (Å²) >= 11 is 2.34. The Morgan fingerprint density at radius 2 is 1.78 bits per heavy atom. The topological polar surface area (TPSA) is 50.4 Å². The Balaban J connectivity index is 1.79. The van der Waals surface area contributed by atoms with Crippen LogP contribution >= 0.6 is 22.6 Å². The SMILES string of the molecule is Cc1cc(I)ccc1NC1CCC(NC(=O)OC(C)(C)C)CC1. The maximum atomic E-state index is 11.8. The second-order valence-corrected chi connectivity index (χ2v) is 8.54. The van der Waals surface area contributed by atoms with Gasteiger partial charge in [0.05, 0.1) is 0 Å². The van der Waals surface area contributed by atoms with E-state index in [0.717, 1.165) is 25.7 Å². The molecule has 2 rings (SSSR count). The standard InChI is InChI=1S/C18H27IN2O2/c1-12-11-13(19)5-10-16(12)20-14-6-8-15(9-7-14)21-17(22)23-18(2,3)4/h5,10-11,14-15,20H,6-9H2,1-4H3,(H,21,22). The molecule has 0 unspecified atom stereocenters. The van der Waals surface area contributed by atoms with Crippen molar-refractivity contribution >= 4 is 34.4 Å². The lowest BCUT2D eigenvalue weighted by molar-refractivity contribution is 0.0492. The Morgan fingerprint density at radius 1 is 1.17 bits per heavy atom. The van der Waals surface area contributed by atoms with Crippen LogP contribution in [-0.2, 0) is 4.74 Å². The Kier molecular flexibility index (Phi) is 6.17. The molecule has 0 saturated heterocycles. The van der Waals surface area contributed by atoms with Crippen LogP contribution in [0.15, 0.2) is 18.2 Å². The number of benzene rings is 1. The summed E-state index contributed by atoms with van der Waals surface area (Å²) in [7, 11) is 0. The fourth-order valence-electron chi connectivity index (χ4n) is 2.87. The number of amides is 1. The molecule has 5 heteroatoms. The zero-order valence-corrected chi connectivity index (χ0v) is 16.6. The summed E-state index contributed by atoms with van der Waals surface area (Å²) < 4.78 is 6.58. The van der Waals surface area contributed by atoms with Crippen molar-refractivity contribution in [3.63, 3.8) is 0 Å². The van der Waals surface area contributed by atoms with Crippen LogP contribution in [0.25, 0.3) is 0 Å². The molecule has 2 N–H and O–H groups in total. The van der Waals surface area contributed by atoms with E-state index >= 15 is 0 Å². The van der Waals surface area contributed by atoms with Crippen LogP contribution in [0.3, 0.4) is 0 Å². The second-order valence-electron chi connectivity index (χ2n) is 7.30. The van der Waals surface area contributed by atoms with E-state index in [9.17, 15) is 4.79 Å². The van der Waals surface area contributed by atoms with Gasteiger partial charge in [-0.3, -0.25) is 0 Å². The van der Waals surface area contributed by atoms with Gasteiger partial charge in [0.1, 0.15) is 5.60 Å². The molecule has 0 atom stereocenters. The third-order valence-electron chi connectivity index (χ3n) is 4.00. The summed E-state index contributed by atoms with van der Waals surface area (Å²) in [5.74, 6) is 0. The van der Waals surface area contributed by atoms with Crippen molar-refractivity contribution in [2.24, 2.45) is 0 Å². The van der Waals surface area contributed by atoms with Gasteiger partial charge < -0.3 is 15.4 Å². The number of aryl methyl sites for hydroxylation is 1. The lowest BCUT2D eigenvalue weighted by atomic mass is 9.91. The van der Waals surface area contributed by atoms with Gasteiger partial charge in [-0.15, -0.1) is 0 Å². The first-order valence-corrected chi connectivity index (χ1v) is 9.33. The van der Waals surface area contributed by atoms with Crippen LogP contribution in [0.4, 0.5) is 10.5 Å². The highest BCUT2D eigenvalue weighted by molar-refractivity contribution is 14.1. The number of carbonyl (C=O) groups is 1. The number of anilines is 1. The van der Waals surface area contributed by atoms with E-state index in [2.05, 4.69) is 58.3 Å². The van der Waals surface area contributed by atoms with Gasteiger partial charge in [0.2, 0.25) is 0 Å². The lowest BCUT2D eigenvalue weighted by Crippen LogP contribution is -2.42. The van der Waals surface area contributed by atoms with Gasteiger partial charge in [-0.1, -0.05) is 0 Å². The molecule has 0 aliphatic heterocycles. The smallest absolute Gasteiger partial charge is 0.407 e. The van der Waals surface area contributed by atoms with Crippen LogP contribution < -0.4 is 10.6 Å². The zero-order valence-electron chi connectivity index (χ0n) is 14.4. The molecule has 4 nitrogen and oxygen atoms in total. The zero-order chi connectivity index (χ0) is 17.0. The fourth-order valence-corrected chi connectivity index (χ4v) is 3.51. The number of hydrogen-bond donors (Lipinski definition) is 2. The molecule has 1 amide bonds. The van der Waals surface area contributed by atoms with Gasteiger partial charge in [-0.05, 0) is 99.7 Å². The number of rotatable bonds is 3. The molecule has 0 aromatic heterocycles. The Morgan fingerprint density at radius 3 is 2.35 bits per heavy atom. The minimum Gasteiger partial charge on any atom is -0.444 e. The predicted octanol–water partition coefficient (Wildman–Crippen LogP) is 4.85. The molecule has 1 aliphatic carbocycles. The molecule has 0 radical (unpaired) electrons. The van der Waals surface area contributed by atoms with Crippen molar-refractivity contribution in [3.8, 4) is 0 Å². The van der Waals surface area contributed by atoms with E-state index in [0.29, 0.717) is 6.04 Å². The third-order valence-corrected chi connectivity index (χ3v) is 4.67. The predicted molar refractivity (Wildman–Crippen MR) is 103 cm³/mol. The van der Waals surface area contributed by atoms with Gasteiger partial charge >= 0.3 is 6.09 Å². The summed E-state index contributed by atoms with van der Waals surface area (Å²) in [6.45, 7) is 7.80. The highest BCUT2D eigenvalue weighted by Crippen LogP contribution is 2.25. The van der Waals surface area contributed by atoms with Crippen LogP contribution in [0.2, 0.25) is 0 Å². The minimum absolute atomic E-state index is 0.223. The molecule has 23 heavy (non-hydrogen) atoms. The van der Waals surface area contributed by atoms with Gasteiger partial charge in [0, 0.05) is 21.3 Å². The van der Waals surface area contributed by atoms with Gasteiger partial charge in [-0.2, -0.15) is 0 Å². The molecule has 0 heterocycles. The van der Waals surface area contributed by atoms with Crippen molar-refractivity contribution < 1.29 is 9.53 Å². The molecule has 1 aromatic carbocycles. The maximum absolute atomic E-state index is 11.8. The number of alkyl carbamates (subject to hydrolysis) is 1. The van der Waals surface area contributed by atoms with E-state index in [1.54, 1.807) is 0 Å². The highest BCUT2D eigenvalue weighted by atomic mass is 127. The fraction of sp³-hybridized carbons (Fsp3) is 0.611. The van der Waals surface area contributed by atoms with E-state index < -0.39 is 5.60 Å². The average Bonchev–Trinajstić information content (AvgIpc) is 2.42. The van der Waals surface area contributed by atoms with Gasteiger partial charge in [-0.25, -0.2) is 4.79 Å². The molecule has 1 aromatic rings. The van der Waals surface area contributed by atoms with Crippen LogP contribution in [0.1, 0.15) is 52.0 Å². The van der Waals surface area contributed by atoms with Crippen molar-refractivity contribution in [1.82, 2.24) is 5.32 Å². The van der Waals surface area contributed by atoms with Crippen molar-refractivity contribution in [2.45, 2.75) is 71.1 Å². The third kappa shape index (κ3) is 6.20. The minimum atomic E-state index is -0.439. The summed E-state index contributed by atoms with van der Waals surface area (Å²) in [4.78, 5) is 11.8. The normalized spacial score (nSPS) is 21.6. The van der Waals surface area contributed by atoms with E-state index in [1.165, 1.54) is 14.8 Å². The monoisotopic (exact) mass is 430 g/mol. The largest absolute Gasteiger partial charge is 0.444 e. The average molecular weight is 430 g/mol. The van der Waals surface area contributed by atoms with Crippen molar-refractivity contribution in [1.29, 1.82) is 0 Å². The molecule has 1 aliphatic rings. The number of halogens is 1. The van der Waals surface area contributed by atoms with E-state index in [1.807, 2.05) is 20.8 Å². The first kappa shape index (κ1) is 18.4. The van der Waals surface area contributed by atoms with E-state index in [4.69, 9.17) is 4.74 Å². The van der Waals surface area contributed by atoms with Gasteiger partial charge in [0.25, 0.3) is 0 Å². The Labute approximate surface area is 152 Å². The number of ether oxygens (including phenoxy) is 1. The first-order valence-electron chi connectivity index (χ1n) is 8.25. The molecule has 128 valence electrons. The molecular weight excluding hydrogens is 403 g/mol. The summed E-state index contributed by atoms with van der Waals surface area (Å²) in [5.41, 5.74) is 2.06. The van der Waals surface area contributed by atoms with Gasteiger partial charge in [0.15, 0.2) is 0 Å². The molecule has 0 spiro atoms. The van der Waals surface area contributed by atoms with Crippen LogP contribution in [-0.4, -0.2) is 23.8 Å². The maximum Gasteiger partial charge on any atom is 0.407 e. The second kappa shape index (κ2) is 7.73. The Bertz CT molecular complexity index is 546. The first-order chi connectivity index (χ1) is 10.7. The van der Waals surface area contributed by atoms with E-state index in [-0.39, 0.29) is 12.1 Å². The number of carbonyl (C=O) groups excluding carboxylic acids is 1. The summed E-state index contributed by atoms with van der Waals surface area (Å²) in [6.07, 6.45) is 3.79. The summed E-state index contributed by atoms with van der Waals surface area (Å²) in [5, 5.41) is 6.63. The number of nitrogens with one attached hydrogen (secondary N) is 2. The quantitative estimate of drug-likeness (QED) is 0.675. The highest BCUT2D eigenvalue weighted by Gasteiger charge is 2.24. The van der Waals surface area contributed by atoms with Crippen LogP contribution in [0.5, 0.6) is 0 Å². The lowest BCUT2D eigenvalue weighted by Gasteiger charge is -2.31. The Hall–Kier alpha value is -0.980. The van der Waals surface area contributed by atoms with Crippen molar-refractivity contribution in [3.05, 3.63) is 27.3 Å². The summed E-state index contributed by atoms with van der Waals surface area (Å²) in [6, 6.07) is 7.18. The number of hydrogen-bond acceptors (Lipinski definition) is 3. The molecular formula is C18H27IN2O2. The molecule has 1 fully saturated rings. The van der Waals surface area contributed by atoms with Crippen LogP contribution in [0, 0.1) is 10.5 Å². The van der Waals surface area contributed by atoms with Crippen molar-refractivity contribution in [2.75, 3.05) is 5.32 Å². The molecule has 1 saturated carbocycles.